The maximum absolute atomic E-state index is 12.4. The van der Waals surface area contributed by atoms with E-state index in [0.717, 1.165) is 35.3 Å². The number of carbonyl (C=O) groups is 1. The van der Waals surface area contributed by atoms with E-state index in [9.17, 15) is 4.79 Å². The van der Waals surface area contributed by atoms with Gasteiger partial charge in [-0.1, -0.05) is 18.5 Å². The van der Waals surface area contributed by atoms with Gasteiger partial charge in [0.2, 0.25) is 0 Å². The molecule has 0 saturated carbocycles. The molecule has 1 saturated heterocycles. The van der Waals surface area contributed by atoms with Crippen LogP contribution in [0.15, 0.2) is 18.6 Å². The van der Waals surface area contributed by atoms with E-state index < -0.39 is 0 Å². The lowest BCUT2D eigenvalue weighted by molar-refractivity contribution is 0.0676. The number of aryl methyl sites for hydroxylation is 1. The summed E-state index contributed by atoms with van der Waals surface area (Å²) in [5.41, 5.74) is 0.669. The Hall–Kier alpha value is -1.40. The summed E-state index contributed by atoms with van der Waals surface area (Å²) in [5, 5.41) is 5.13. The first-order valence-electron chi connectivity index (χ1n) is 6.88. The molecule has 0 bridgehead atoms. The highest BCUT2D eigenvalue weighted by molar-refractivity contribution is 7.15. The molecule has 5 nitrogen and oxygen atoms in total. The van der Waals surface area contributed by atoms with Crippen molar-refractivity contribution < 1.29 is 4.79 Å². The van der Waals surface area contributed by atoms with Gasteiger partial charge >= 0.3 is 0 Å². The van der Waals surface area contributed by atoms with Crippen LogP contribution in [0.1, 0.15) is 35.1 Å². The molecule has 0 aliphatic carbocycles. The molecule has 3 rings (SSSR count). The van der Waals surface area contributed by atoms with Crippen LogP contribution in [0.2, 0.25) is 4.34 Å². The molecule has 2 aromatic rings. The van der Waals surface area contributed by atoms with Crippen molar-refractivity contribution in [1.29, 1.82) is 0 Å². The van der Waals surface area contributed by atoms with Crippen LogP contribution >= 0.6 is 22.9 Å². The van der Waals surface area contributed by atoms with Gasteiger partial charge in [0.1, 0.15) is 9.34 Å². The summed E-state index contributed by atoms with van der Waals surface area (Å²) in [6.45, 7) is 3.68. The molecule has 1 aliphatic rings. The third-order valence-electron chi connectivity index (χ3n) is 4.10. The molecule has 2 aromatic heterocycles. The predicted octanol–water partition coefficient (Wildman–Crippen LogP) is 2.72. The van der Waals surface area contributed by atoms with Gasteiger partial charge in [0.15, 0.2) is 0 Å². The first-order valence-corrected chi connectivity index (χ1v) is 8.07. The molecule has 7 heteroatoms. The number of halogens is 1. The van der Waals surface area contributed by atoms with Crippen molar-refractivity contribution >= 4 is 28.8 Å². The second-order valence-corrected chi connectivity index (χ2v) is 7.39. The van der Waals surface area contributed by atoms with Gasteiger partial charge in [-0.3, -0.25) is 9.48 Å². The van der Waals surface area contributed by atoms with Crippen molar-refractivity contribution in [3.63, 3.8) is 0 Å². The number of carbonyl (C=O) groups excluding carboxylic acids is 1. The van der Waals surface area contributed by atoms with Crippen molar-refractivity contribution in [3.05, 3.63) is 33.5 Å². The molecule has 0 atom stereocenters. The summed E-state index contributed by atoms with van der Waals surface area (Å²) in [5.74, 6) is 0.0577. The minimum absolute atomic E-state index is 0.0174. The summed E-state index contributed by atoms with van der Waals surface area (Å²) in [7, 11) is 1.82. The summed E-state index contributed by atoms with van der Waals surface area (Å²) in [4.78, 5) is 18.7. The topological polar surface area (TPSA) is 51.0 Å². The normalized spacial score (nSPS) is 18.0. The standard InChI is InChI=1S/C14H17ClN4OS/c1-14(13-16-8-11(15)21-13)3-5-19(6-4-14)12(20)10-7-17-18(2)9-10/h7-9H,3-6H2,1-2H3. The second kappa shape index (κ2) is 5.42. The van der Waals surface area contributed by atoms with E-state index in [0.29, 0.717) is 5.56 Å². The van der Waals surface area contributed by atoms with Gasteiger partial charge < -0.3 is 4.90 Å². The highest BCUT2D eigenvalue weighted by Crippen LogP contribution is 2.38. The van der Waals surface area contributed by atoms with E-state index >= 15 is 0 Å². The quantitative estimate of drug-likeness (QED) is 0.853. The zero-order chi connectivity index (χ0) is 15.0. The molecular formula is C14H17ClN4OS. The van der Waals surface area contributed by atoms with Crippen molar-refractivity contribution in [2.75, 3.05) is 13.1 Å². The summed E-state index contributed by atoms with van der Waals surface area (Å²) in [6.07, 6.45) is 6.90. The largest absolute Gasteiger partial charge is 0.338 e. The van der Waals surface area contributed by atoms with Gasteiger partial charge in [-0.25, -0.2) is 4.98 Å². The lowest BCUT2D eigenvalue weighted by Gasteiger charge is -2.38. The van der Waals surface area contributed by atoms with Crippen molar-refractivity contribution in [2.24, 2.45) is 7.05 Å². The summed E-state index contributed by atoms with van der Waals surface area (Å²) < 4.78 is 2.37. The Labute approximate surface area is 132 Å². The number of hydrogen-bond donors (Lipinski definition) is 0. The molecular weight excluding hydrogens is 308 g/mol. The molecule has 0 radical (unpaired) electrons. The van der Waals surface area contributed by atoms with Crippen LogP contribution in [-0.2, 0) is 12.5 Å². The third-order valence-corrected chi connectivity index (χ3v) is 5.52. The van der Waals surface area contributed by atoms with Crippen molar-refractivity contribution in [2.45, 2.75) is 25.2 Å². The predicted molar refractivity (Wildman–Crippen MR) is 82.8 cm³/mol. The van der Waals surface area contributed by atoms with E-state index in [4.69, 9.17) is 11.6 Å². The fourth-order valence-corrected chi connectivity index (χ4v) is 3.78. The lowest BCUT2D eigenvalue weighted by atomic mass is 9.81. The molecule has 0 spiro atoms. The number of rotatable bonds is 2. The molecule has 3 heterocycles. The molecule has 21 heavy (non-hydrogen) atoms. The van der Waals surface area contributed by atoms with Crippen LogP contribution in [0.3, 0.4) is 0 Å². The van der Waals surface area contributed by atoms with Crippen LogP contribution in [0, 0.1) is 0 Å². The average molecular weight is 325 g/mol. The van der Waals surface area contributed by atoms with E-state index in [1.807, 2.05) is 11.9 Å². The Balaban J connectivity index is 1.69. The molecule has 1 fully saturated rings. The Morgan fingerprint density at radius 3 is 2.62 bits per heavy atom. The fraction of sp³-hybridized carbons (Fsp3) is 0.500. The summed E-state index contributed by atoms with van der Waals surface area (Å²) >= 11 is 7.53. The van der Waals surface area contributed by atoms with Crippen LogP contribution in [0.25, 0.3) is 0 Å². The number of hydrogen-bond acceptors (Lipinski definition) is 4. The Bertz CT molecular complexity index is 657. The minimum atomic E-state index is 0.0174. The van der Waals surface area contributed by atoms with Crippen LogP contribution in [-0.4, -0.2) is 38.7 Å². The molecule has 0 aromatic carbocycles. The Morgan fingerprint density at radius 2 is 2.10 bits per heavy atom. The maximum atomic E-state index is 12.4. The van der Waals surface area contributed by atoms with E-state index in [-0.39, 0.29) is 11.3 Å². The number of piperidine rings is 1. The molecule has 0 unspecified atom stereocenters. The molecule has 112 valence electrons. The monoisotopic (exact) mass is 324 g/mol. The van der Waals surface area contributed by atoms with Crippen molar-refractivity contribution in [1.82, 2.24) is 19.7 Å². The van der Waals surface area contributed by atoms with Crippen LogP contribution in [0.4, 0.5) is 0 Å². The third kappa shape index (κ3) is 2.82. The zero-order valence-electron chi connectivity index (χ0n) is 12.0. The molecule has 1 amide bonds. The number of nitrogens with zero attached hydrogens (tertiary/aromatic N) is 4. The minimum Gasteiger partial charge on any atom is -0.338 e. The molecule has 0 N–H and O–H groups in total. The van der Waals surface area contributed by atoms with Gasteiger partial charge in [-0.05, 0) is 12.8 Å². The fourth-order valence-electron chi connectivity index (χ4n) is 2.66. The number of likely N-dealkylation sites (tertiary alicyclic amines) is 1. The second-order valence-electron chi connectivity index (χ2n) is 5.73. The van der Waals surface area contributed by atoms with Crippen molar-refractivity contribution in [3.8, 4) is 0 Å². The smallest absolute Gasteiger partial charge is 0.257 e. The first-order chi connectivity index (χ1) is 9.98. The number of thiazole rings is 1. The average Bonchev–Trinajstić information content (AvgIpc) is 3.08. The number of aromatic nitrogens is 3. The highest BCUT2D eigenvalue weighted by Gasteiger charge is 2.36. The number of amides is 1. The lowest BCUT2D eigenvalue weighted by Crippen LogP contribution is -2.43. The Kier molecular flexibility index (Phi) is 3.75. The zero-order valence-corrected chi connectivity index (χ0v) is 13.6. The van der Waals surface area contributed by atoms with Gasteiger partial charge in [0.25, 0.3) is 5.91 Å². The summed E-state index contributed by atoms with van der Waals surface area (Å²) in [6, 6.07) is 0. The Morgan fingerprint density at radius 1 is 1.38 bits per heavy atom. The van der Waals surface area contributed by atoms with Crippen LogP contribution in [0.5, 0.6) is 0 Å². The maximum Gasteiger partial charge on any atom is 0.257 e. The van der Waals surface area contributed by atoms with Gasteiger partial charge in [0, 0.05) is 31.7 Å². The first kappa shape index (κ1) is 14.5. The molecule has 1 aliphatic heterocycles. The van der Waals surface area contributed by atoms with Crippen LogP contribution < -0.4 is 0 Å². The SMILES string of the molecule is Cn1cc(C(=O)N2CCC(C)(c3ncc(Cl)s3)CC2)cn1. The van der Waals surface area contributed by atoms with Gasteiger partial charge in [-0.2, -0.15) is 5.10 Å². The van der Waals surface area contributed by atoms with E-state index in [1.165, 1.54) is 11.3 Å². The van der Waals surface area contributed by atoms with Gasteiger partial charge in [-0.15, -0.1) is 11.3 Å². The van der Waals surface area contributed by atoms with E-state index in [1.54, 1.807) is 23.3 Å². The van der Waals surface area contributed by atoms with E-state index in [2.05, 4.69) is 17.0 Å². The highest BCUT2D eigenvalue weighted by atomic mass is 35.5. The van der Waals surface area contributed by atoms with Gasteiger partial charge in [0.05, 0.1) is 18.0 Å².